The number of anilines is 1. The molecule has 3 rings (SSSR count). The predicted octanol–water partition coefficient (Wildman–Crippen LogP) is 1.04. The third kappa shape index (κ3) is 1.54. The van der Waals surface area contributed by atoms with Gasteiger partial charge in [0, 0.05) is 19.1 Å². The van der Waals surface area contributed by atoms with Crippen LogP contribution >= 0.6 is 0 Å². The Hall–Kier alpha value is -2.03. The first-order chi connectivity index (χ1) is 9.04. The van der Waals surface area contributed by atoms with E-state index in [1.807, 2.05) is 14.0 Å². The lowest BCUT2D eigenvalue weighted by atomic mass is 9.89. The molecule has 6 nitrogen and oxygen atoms in total. The number of aliphatic carboxylic acids is 1. The van der Waals surface area contributed by atoms with Crippen molar-refractivity contribution in [3.63, 3.8) is 0 Å². The summed E-state index contributed by atoms with van der Waals surface area (Å²) in [5, 5.41) is 22.9. The minimum atomic E-state index is -0.727. The molecule has 0 aliphatic carbocycles. The molecule has 0 amide bonds. The van der Waals surface area contributed by atoms with E-state index in [0.717, 1.165) is 18.7 Å². The highest BCUT2D eigenvalue weighted by atomic mass is 16.4. The third-order valence-corrected chi connectivity index (χ3v) is 4.40. The number of hydrogen-bond donors (Lipinski definition) is 1. The summed E-state index contributed by atoms with van der Waals surface area (Å²) < 4.78 is 1.71. The molecule has 3 heterocycles. The van der Waals surface area contributed by atoms with E-state index in [9.17, 15) is 15.2 Å². The quantitative estimate of drug-likeness (QED) is 0.859. The topological polar surface area (TPSA) is 82.2 Å². The summed E-state index contributed by atoms with van der Waals surface area (Å²) in [7, 11) is 1.82. The van der Waals surface area contributed by atoms with Crippen molar-refractivity contribution in [1.29, 1.82) is 5.26 Å². The van der Waals surface area contributed by atoms with Gasteiger partial charge in [-0.25, -0.2) is 0 Å². The zero-order chi connectivity index (χ0) is 13.7. The molecule has 1 N–H and O–H groups in total. The molecule has 0 aromatic carbocycles. The molecular weight excluding hydrogens is 244 g/mol. The Morgan fingerprint density at radius 1 is 1.53 bits per heavy atom. The fraction of sp³-hybridized carbons (Fsp3) is 0.615. The lowest BCUT2D eigenvalue weighted by Crippen LogP contribution is -2.34. The number of aromatic nitrogens is 2. The van der Waals surface area contributed by atoms with Crippen molar-refractivity contribution in [1.82, 2.24) is 9.78 Å². The Morgan fingerprint density at radius 2 is 2.26 bits per heavy atom. The van der Waals surface area contributed by atoms with Crippen LogP contribution in [0.5, 0.6) is 0 Å². The molecule has 100 valence electrons. The van der Waals surface area contributed by atoms with Gasteiger partial charge in [-0.15, -0.1) is 0 Å². The van der Waals surface area contributed by atoms with Crippen LogP contribution in [0.2, 0.25) is 0 Å². The van der Waals surface area contributed by atoms with Crippen molar-refractivity contribution in [3.8, 4) is 6.07 Å². The van der Waals surface area contributed by atoms with E-state index in [0.29, 0.717) is 17.7 Å². The Labute approximate surface area is 111 Å². The highest BCUT2D eigenvalue weighted by Gasteiger charge is 2.50. The highest BCUT2D eigenvalue weighted by molar-refractivity contribution is 5.74. The lowest BCUT2D eigenvalue weighted by Gasteiger charge is -2.25. The molecule has 3 unspecified atom stereocenters. The molecule has 0 saturated carbocycles. The normalized spacial score (nSPS) is 28.7. The molecule has 0 spiro atoms. The van der Waals surface area contributed by atoms with Crippen LogP contribution < -0.4 is 4.90 Å². The van der Waals surface area contributed by atoms with Crippen LogP contribution in [0.3, 0.4) is 0 Å². The summed E-state index contributed by atoms with van der Waals surface area (Å²) in [6.07, 6.45) is 2.56. The number of rotatable bonds is 2. The molecule has 1 aromatic rings. The van der Waals surface area contributed by atoms with E-state index in [1.165, 1.54) is 0 Å². The number of hydrogen-bond acceptors (Lipinski definition) is 4. The Kier molecular flexibility index (Phi) is 2.52. The molecule has 0 radical (unpaired) electrons. The predicted molar refractivity (Wildman–Crippen MR) is 67.7 cm³/mol. The zero-order valence-electron chi connectivity index (χ0n) is 11.0. The van der Waals surface area contributed by atoms with Crippen LogP contribution in [-0.4, -0.2) is 32.9 Å². The average Bonchev–Trinajstić information content (AvgIpc) is 2.99. The standard InChI is InChI=1S/C13H16N4O2/c1-7-10(6-14)12(16(2)15-7)17-8-3-4-11(17)9(5-8)13(18)19/h8-9,11H,3-5H2,1-2H3,(H,18,19). The van der Waals surface area contributed by atoms with Crippen LogP contribution in [0.15, 0.2) is 0 Å². The van der Waals surface area contributed by atoms with Crippen molar-refractivity contribution >= 4 is 11.8 Å². The number of carbonyl (C=O) groups is 1. The maximum absolute atomic E-state index is 11.3. The molecule has 2 fully saturated rings. The number of carboxylic acids is 1. The van der Waals surface area contributed by atoms with Gasteiger partial charge >= 0.3 is 5.97 Å². The second-order valence-corrected chi connectivity index (χ2v) is 5.41. The van der Waals surface area contributed by atoms with E-state index in [1.54, 1.807) is 4.68 Å². The van der Waals surface area contributed by atoms with E-state index in [-0.39, 0.29) is 18.0 Å². The Morgan fingerprint density at radius 3 is 2.84 bits per heavy atom. The number of fused-ring (bicyclic) bond motifs is 2. The SMILES string of the molecule is Cc1nn(C)c(N2C3CCC2C(C(=O)O)C3)c1C#N. The second-order valence-electron chi connectivity index (χ2n) is 5.41. The largest absolute Gasteiger partial charge is 0.481 e. The van der Waals surface area contributed by atoms with Crippen molar-refractivity contribution in [2.45, 2.75) is 38.3 Å². The Balaban J connectivity index is 2.05. The first-order valence-corrected chi connectivity index (χ1v) is 6.49. The summed E-state index contributed by atoms with van der Waals surface area (Å²) in [4.78, 5) is 13.4. The molecule has 3 atom stereocenters. The van der Waals surface area contributed by atoms with Crippen molar-refractivity contribution in [2.75, 3.05) is 4.90 Å². The van der Waals surface area contributed by atoms with Gasteiger partial charge < -0.3 is 10.0 Å². The molecule has 2 bridgehead atoms. The molecule has 2 aliphatic heterocycles. The summed E-state index contributed by atoms with van der Waals surface area (Å²) in [5.74, 6) is -0.258. The average molecular weight is 260 g/mol. The first kappa shape index (κ1) is 12.0. The van der Waals surface area contributed by atoms with Gasteiger partial charge in [0.2, 0.25) is 0 Å². The second kappa shape index (κ2) is 3.98. The number of nitrogens with zero attached hydrogens (tertiary/aromatic N) is 4. The highest BCUT2D eigenvalue weighted by Crippen LogP contribution is 2.45. The summed E-state index contributed by atoms with van der Waals surface area (Å²) in [6.45, 7) is 1.81. The van der Waals surface area contributed by atoms with Gasteiger partial charge in [-0.05, 0) is 26.2 Å². The van der Waals surface area contributed by atoms with Gasteiger partial charge in [0.25, 0.3) is 0 Å². The van der Waals surface area contributed by atoms with Gasteiger partial charge in [0.1, 0.15) is 17.5 Å². The molecule has 2 aliphatic rings. The monoisotopic (exact) mass is 260 g/mol. The van der Waals surface area contributed by atoms with Gasteiger partial charge in [-0.2, -0.15) is 10.4 Å². The fourth-order valence-electron chi connectivity index (χ4n) is 3.66. The Bertz CT molecular complexity index is 586. The number of nitriles is 1. The lowest BCUT2D eigenvalue weighted by molar-refractivity contribution is -0.142. The van der Waals surface area contributed by atoms with Crippen molar-refractivity contribution in [2.24, 2.45) is 13.0 Å². The van der Waals surface area contributed by atoms with Crippen LogP contribution in [-0.2, 0) is 11.8 Å². The third-order valence-electron chi connectivity index (χ3n) is 4.40. The van der Waals surface area contributed by atoms with Crippen molar-refractivity contribution < 1.29 is 9.90 Å². The van der Waals surface area contributed by atoms with Gasteiger partial charge in [0.05, 0.1) is 11.6 Å². The summed E-state index contributed by atoms with van der Waals surface area (Å²) in [5.41, 5.74) is 1.28. The molecule has 6 heteroatoms. The van der Waals surface area contributed by atoms with Gasteiger partial charge in [-0.1, -0.05) is 0 Å². The molecule has 19 heavy (non-hydrogen) atoms. The minimum Gasteiger partial charge on any atom is -0.481 e. The summed E-state index contributed by atoms with van der Waals surface area (Å²) >= 11 is 0. The molecular formula is C13H16N4O2. The van der Waals surface area contributed by atoms with Crippen LogP contribution in [0, 0.1) is 24.2 Å². The van der Waals surface area contributed by atoms with E-state index >= 15 is 0 Å². The number of carboxylic acid groups (broad SMARTS) is 1. The van der Waals surface area contributed by atoms with E-state index < -0.39 is 5.97 Å². The molecule has 2 saturated heterocycles. The van der Waals surface area contributed by atoms with Crippen LogP contribution in [0.1, 0.15) is 30.5 Å². The summed E-state index contributed by atoms with van der Waals surface area (Å²) in [6, 6.07) is 2.44. The minimum absolute atomic E-state index is 0.00407. The fourth-order valence-corrected chi connectivity index (χ4v) is 3.66. The van der Waals surface area contributed by atoms with Crippen LogP contribution in [0.25, 0.3) is 0 Å². The van der Waals surface area contributed by atoms with E-state index in [4.69, 9.17) is 0 Å². The first-order valence-electron chi connectivity index (χ1n) is 6.49. The van der Waals surface area contributed by atoms with E-state index in [2.05, 4.69) is 16.1 Å². The van der Waals surface area contributed by atoms with Crippen LogP contribution in [0.4, 0.5) is 5.82 Å². The smallest absolute Gasteiger partial charge is 0.308 e. The number of aryl methyl sites for hydroxylation is 2. The maximum Gasteiger partial charge on any atom is 0.308 e. The van der Waals surface area contributed by atoms with Gasteiger partial charge in [-0.3, -0.25) is 9.48 Å². The zero-order valence-corrected chi connectivity index (χ0v) is 11.0. The molecule has 1 aromatic heterocycles. The maximum atomic E-state index is 11.3. The van der Waals surface area contributed by atoms with Crippen molar-refractivity contribution in [3.05, 3.63) is 11.3 Å². The van der Waals surface area contributed by atoms with Gasteiger partial charge in [0.15, 0.2) is 0 Å².